The largest absolute Gasteiger partial charge is 0.386 e. The van der Waals surface area contributed by atoms with E-state index in [0.717, 1.165) is 6.07 Å². The minimum Gasteiger partial charge on any atom is -0.386 e. The van der Waals surface area contributed by atoms with E-state index in [2.05, 4.69) is 0 Å². The lowest BCUT2D eigenvalue weighted by Gasteiger charge is -2.11. The molecule has 0 aromatic heterocycles. The molecule has 0 radical (unpaired) electrons. The fourth-order valence-corrected chi connectivity index (χ4v) is 1.10. The fourth-order valence-electron chi connectivity index (χ4n) is 1.10. The average Bonchev–Trinajstić information content (AvgIpc) is 2.18. The van der Waals surface area contributed by atoms with Gasteiger partial charge in [-0.15, -0.1) is 0 Å². The summed E-state index contributed by atoms with van der Waals surface area (Å²) >= 11 is 0. The highest BCUT2D eigenvalue weighted by Gasteiger charge is 2.15. The van der Waals surface area contributed by atoms with Crippen LogP contribution in [0.5, 0.6) is 0 Å². The van der Waals surface area contributed by atoms with Crippen LogP contribution in [0.1, 0.15) is 18.6 Å². The van der Waals surface area contributed by atoms with E-state index in [4.69, 9.17) is 4.74 Å². The maximum Gasteiger partial charge on any atom is 0.164 e. The van der Waals surface area contributed by atoms with Crippen LogP contribution in [0.25, 0.3) is 0 Å². The van der Waals surface area contributed by atoms with Gasteiger partial charge in [0.1, 0.15) is 6.10 Å². The molecule has 0 aliphatic rings. The smallest absolute Gasteiger partial charge is 0.164 e. The highest BCUT2D eigenvalue weighted by atomic mass is 19.2. The molecule has 1 unspecified atom stereocenters. The molecule has 0 saturated carbocycles. The third kappa shape index (κ3) is 2.49. The predicted octanol–water partition coefficient (Wildman–Crippen LogP) is 2.03. The van der Waals surface area contributed by atoms with Crippen LogP contribution < -0.4 is 0 Å². The molecule has 0 bridgehead atoms. The first-order valence-electron chi connectivity index (χ1n) is 4.36. The Morgan fingerprint density at radius 1 is 1.43 bits per heavy atom. The zero-order chi connectivity index (χ0) is 10.6. The van der Waals surface area contributed by atoms with Crippen LogP contribution in [-0.2, 0) is 4.74 Å². The summed E-state index contributed by atoms with van der Waals surface area (Å²) < 4.78 is 30.7. The molecular formula is C10H12F2O2. The summed E-state index contributed by atoms with van der Waals surface area (Å²) in [6.45, 7) is 2.15. The second-order valence-corrected chi connectivity index (χ2v) is 2.82. The van der Waals surface area contributed by atoms with Crippen molar-refractivity contribution in [1.29, 1.82) is 0 Å². The Balaban J connectivity index is 2.79. The van der Waals surface area contributed by atoms with Gasteiger partial charge in [-0.05, 0) is 13.0 Å². The molecule has 1 aromatic rings. The number of hydrogen-bond donors (Lipinski definition) is 1. The van der Waals surface area contributed by atoms with E-state index in [1.807, 2.05) is 0 Å². The van der Waals surface area contributed by atoms with Crippen molar-refractivity contribution in [1.82, 2.24) is 0 Å². The molecule has 0 aliphatic carbocycles. The van der Waals surface area contributed by atoms with Crippen LogP contribution in [0.15, 0.2) is 18.2 Å². The first-order chi connectivity index (χ1) is 6.66. The molecule has 0 fully saturated rings. The Kier molecular flexibility index (Phi) is 3.98. The predicted molar refractivity (Wildman–Crippen MR) is 47.8 cm³/mol. The summed E-state index contributed by atoms with van der Waals surface area (Å²) in [5, 5.41) is 9.43. The van der Waals surface area contributed by atoms with Crippen molar-refractivity contribution in [2.45, 2.75) is 13.0 Å². The molecular weight excluding hydrogens is 190 g/mol. The van der Waals surface area contributed by atoms with Crippen molar-refractivity contribution in [3.8, 4) is 0 Å². The molecule has 14 heavy (non-hydrogen) atoms. The second kappa shape index (κ2) is 5.02. The third-order valence-electron chi connectivity index (χ3n) is 1.82. The number of halogens is 2. The van der Waals surface area contributed by atoms with Gasteiger partial charge in [-0.3, -0.25) is 0 Å². The summed E-state index contributed by atoms with van der Waals surface area (Å²) in [5.74, 6) is -1.97. The monoisotopic (exact) mass is 202 g/mol. The molecule has 0 saturated heterocycles. The molecule has 1 rings (SSSR count). The van der Waals surface area contributed by atoms with Gasteiger partial charge in [-0.1, -0.05) is 12.1 Å². The molecule has 1 atom stereocenters. The number of ether oxygens (including phenoxy) is 1. The van der Waals surface area contributed by atoms with Crippen LogP contribution in [0.2, 0.25) is 0 Å². The first kappa shape index (κ1) is 11.1. The Labute approximate surface area is 81.1 Å². The minimum atomic E-state index is -1.12. The van der Waals surface area contributed by atoms with Crippen molar-refractivity contribution in [3.05, 3.63) is 35.4 Å². The van der Waals surface area contributed by atoms with E-state index in [0.29, 0.717) is 6.61 Å². The highest BCUT2D eigenvalue weighted by Crippen LogP contribution is 2.19. The summed E-state index contributed by atoms with van der Waals surface area (Å²) in [7, 11) is 0. The van der Waals surface area contributed by atoms with Crippen LogP contribution >= 0.6 is 0 Å². The molecule has 0 spiro atoms. The molecule has 1 N–H and O–H groups in total. The van der Waals surface area contributed by atoms with E-state index >= 15 is 0 Å². The molecule has 78 valence electrons. The van der Waals surface area contributed by atoms with Crippen molar-refractivity contribution in [2.24, 2.45) is 0 Å². The van der Waals surface area contributed by atoms with Crippen LogP contribution in [0.3, 0.4) is 0 Å². The minimum absolute atomic E-state index is 0.0309. The summed E-state index contributed by atoms with van der Waals surface area (Å²) in [5.41, 5.74) is -0.0709. The molecule has 0 aliphatic heterocycles. The van der Waals surface area contributed by atoms with Gasteiger partial charge in [0, 0.05) is 12.2 Å². The third-order valence-corrected chi connectivity index (χ3v) is 1.82. The maximum atomic E-state index is 13.1. The number of aliphatic hydroxyl groups is 1. The summed E-state index contributed by atoms with van der Waals surface area (Å²) in [6.07, 6.45) is -1.12. The maximum absolute atomic E-state index is 13.1. The Hall–Kier alpha value is -1.00. The van der Waals surface area contributed by atoms with Gasteiger partial charge in [0.2, 0.25) is 0 Å². The first-order valence-corrected chi connectivity index (χ1v) is 4.36. The second-order valence-electron chi connectivity index (χ2n) is 2.82. The average molecular weight is 202 g/mol. The topological polar surface area (TPSA) is 29.5 Å². The Bertz CT molecular complexity index is 302. The van der Waals surface area contributed by atoms with Crippen LogP contribution in [-0.4, -0.2) is 18.3 Å². The van der Waals surface area contributed by atoms with Gasteiger partial charge in [-0.25, -0.2) is 8.78 Å². The quantitative estimate of drug-likeness (QED) is 0.809. The molecule has 0 heterocycles. The molecule has 2 nitrogen and oxygen atoms in total. The lowest BCUT2D eigenvalue weighted by Crippen LogP contribution is -2.09. The van der Waals surface area contributed by atoms with E-state index in [1.54, 1.807) is 6.92 Å². The van der Waals surface area contributed by atoms with E-state index in [1.165, 1.54) is 12.1 Å². The summed E-state index contributed by atoms with van der Waals surface area (Å²) in [4.78, 5) is 0. The molecule has 0 amide bonds. The van der Waals surface area contributed by atoms with Crippen LogP contribution in [0, 0.1) is 11.6 Å². The summed E-state index contributed by atoms with van der Waals surface area (Å²) in [6, 6.07) is 3.69. The number of hydrogen-bond acceptors (Lipinski definition) is 2. The van der Waals surface area contributed by atoms with Gasteiger partial charge < -0.3 is 9.84 Å². The standard InChI is InChI=1S/C10H12F2O2/c1-2-14-6-9(13)7-4-3-5-8(11)10(7)12/h3-5,9,13H,2,6H2,1H3. The van der Waals surface area contributed by atoms with Crippen LogP contribution in [0.4, 0.5) is 8.78 Å². The normalized spacial score (nSPS) is 12.9. The van der Waals surface area contributed by atoms with E-state index in [-0.39, 0.29) is 12.2 Å². The molecule has 1 aromatic carbocycles. The Morgan fingerprint density at radius 3 is 2.79 bits per heavy atom. The van der Waals surface area contributed by atoms with Crippen molar-refractivity contribution >= 4 is 0 Å². The lowest BCUT2D eigenvalue weighted by atomic mass is 10.1. The van der Waals surface area contributed by atoms with Crippen molar-refractivity contribution in [3.63, 3.8) is 0 Å². The van der Waals surface area contributed by atoms with E-state index in [9.17, 15) is 13.9 Å². The van der Waals surface area contributed by atoms with Gasteiger partial charge in [0.15, 0.2) is 11.6 Å². The highest BCUT2D eigenvalue weighted by molar-refractivity contribution is 5.21. The zero-order valence-electron chi connectivity index (χ0n) is 7.84. The van der Waals surface area contributed by atoms with Gasteiger partial charge in [0.25, 0.3) is 0 Å². The van der Waals surface area contributed by atoms with Crippen molar-refractivity contribution in [2.75, 3.05) is 13.2 Å². The Morgan fingerprint density at radius 2 is 2.14 bits per heavy atom. The number of rotatable bonds is 4. The number of benzene rings is 1. The SMILES string of the molecule is CCOCC(O)c1cccc(F)c1F. The molecule has 4 heteroatoms. The van der Waals surface area contributed by atoms with Gasteiger partial charge in [-0.2, -0.15) is 0 Å². The fraction of sp³-hybridized carbons (Fsp3) is 0.400. The van der Waals surface area contributed by atoms with Crippen molar-refractivity contribution < 1.29 is 18.6 Å². The van der Waals surface area contributed by atoms with Gasteiger partial charge in [0.05, 0.1) is 6.61 Å². The lowest BCUT2D eigenvalue weighted by molar-refractivity contribution is 0.0398. The number of aliphatic hydroxyl groups excluding tert-OH is 1. The van der Waals surface area contributed by atoms with Gasteiger partial charge >= 0.3 is 0 Å². The zero-order valence-corrected chi connectivity index (χ0v) is 7.84. The van der Waals surface area contributed by atoms with E-state index < -0.39 is 17.7 Å².